The molecule has 0 aliphatic heterocycles. The normalized spacial score (nSPS) is 12.7. The predicted octanol–water partition coefficient (Wildman–Crippen LogP) is 2.63. The van der Waals surface area contributed by atoms with E-state index < -0.39 is 12.0 Å². The van der Waals surface area contributed by atoms with Crippen LogP contribution in [0.15, 0.2) is 22.8 Å². The molecule has 1 unspecified atom stereocenters. The van der Waals surface area contributed by atoms with Crippen molar-refractivity contribution in [1.82, 2.24) is 4.98 Å². The first kappa shape index (κ1) is 13.4. The second-order valence-electron chi connectivity index (χ2n) is 3.96. The number of benzene rings is 1. The smallest absolute Gasteiger partial charge is 0.322 e. The van der Waals surface area contributed by atoms with Crippen LogP contribution in [-0.4, -0.2) is 24.1 Å². The number of nitrogens with one attached hydrogen (secondary N) is 1. The Labute approximate surface area is 118 Å². The molecule has 2 rings (SSSR count). The summed E-state index contributed by atoms with van der Waals surface area (Å²) in [5.74, 6) is -0.426. The van der Waals surface area contributed by atoms with E-state index in [9.17, 15) is 4.79 Å². The number of nitrogens with two attached hydrogens (primary N) is 1. The van der Waals surface area contributed by atoms with Crippen LogP contribution in [0.3, 0.4) is 0 Å². The summed E-state index contributed by atoms with van der Waals surface area (Å²) in [6.07, 6.45) is 2.21. The molecule has 3 N–H and O–H groups in total. The van der Waals surface area contributed by atoms with Crippen LogP contribution < -0.4 is 5.73 Å². The van der Waals surface area contributed by atoms with Gasteiger partial charge in [0.25, 0.3) is 0 Å². The number of methoxy groups -OCH3 is 1. The number of aromatic amines is 1. The van der Waals surface area contributed by atoms with E-state index in [1.807, 2.05) is 18.3 Å². The quantitative estimate of drug-likeness (QED) is 0.850. The topological polar surface area (TPSA) is 68.1 Å². The van der Waals surface area contributed by atoms with Gasteiger partial charge in [-0.15, -0.1) is 0 Å². The fraction of sp³-hybridized carbons (Fsp3) is 0.250. The monoisotopic (exact) mass is 330 g/mol. The molecule has 0 fully saturated rings. The highest BCUT2D eigenvalue weighted by atomic mass is 79.9. The number of H-pyrrole nitrogens is 1. The molecule has 4 nitrogen and oxygen atoms in total. The third kappa shape index (κ3) is 2.53. The number of hydrogen-bond acceptors (Lipinski definition) is 3. The molecule has 2 aromatic rings. The lowest BCUT2D eigenvalue weighted by atomic mass is 10.1. The molecule has 18 heavy (non-hydrogen) atoms. The van der Waals surface area contributed by atoms with E-state index in [-0.39, 0.29) is 0 Å². The van der Waals surface area contributed by atoms with Crippen LogP contribution >= 0.6 is 27.5 Å². The zero-order valence-electron chi connectivity index (χ0n) is 9.67. The standard InChI is InChI=1S/C12H12BrClN2O2/c1-18-12(17)10(15)2-6-5-16-11-8(6)3-7(13)4-9(11)14/h3-5,10,16H,2,15H2,1H3. The minimum absolute atomic E-state index is 0.402. The first-order valence-electron chi connectivity index (χ1n) is 5.31. The second-order valence-corrected chi connectivity index (χ2v) is 5.28. The van der Waals surface area contributed by atoms with Gasteiger partial charge in [-0.2, -0.15) is 0 Å². The number of fused-ring (bicyclic) bond motifs is 1. The van der Waals surface area contributed by atoms with E-state index >= 15 is 0 Å². The summed E-state index contributed by atoms with van der Waals surface area (Å²) in [6, 6.07) is 3.08. The van der Waals surface area contributed by atoms with Crippen LogP contribution in [0, 0.1) is 0 Å². The summed E-state index contributed by atoms with van der Waals surface area (Å²) in [5, 5.41) is 1.57. The number of hydrogen-bond donors (Lipinski definition) is 2. The van der Waals surface area contributed by atoms with Crippen molar-refractivity contribution in [2.24, 2.45) is 5.73 Å². The molecule has 0 bridgehead atoms. The highest BCUT2D eigenvalue weighted by Gasteiger charge is 2.17. The van der Waals surface area contributed by atoms with Crippen molar-refractivity contribution < 1.29 is 9.53 Å². The van der Waals surface area contributed by atoms with E-state index in [0.29, 0.717) is 11.4 Å². The van der Waals surface area contributed by atoms with Gasteiger partial charge in [-0.05, 0) is 17.7 Å². The van der Waals surface area contributed by atoms with E-state index in [4.69, 9.17) is 17.3 Å². The SMILES string of the molecule is COC(=O)C(N)Cc1c[nH]c2c(Cl)cc(Br)cc12. The van der Waals surface area contributed by atoms with Gasteiger partial charge in [0.2, 0.25) is 0 Å². The summed E-state index contributed by atoms with van der Waals surface area (Å²) in [6.45, 7) is 0. The van der Waals surface area contributed by atoms with Gasteiger partial charge in [0.1, 0.15) is 6.04 Å². The van der Waals surface area contributed by atoms with E-state index in [1.54, 1.807) is 0 Å². The van der Waals surface area contributed by atoms with E-state index in [0.717, 1.165) is 20.9 Å². The molecule has 1 aromatic carbocycles. The molecule has 1 atom stereocenters. The maximum Gasteiger partial charge on any atom is 0.322 e. The van der Waals surface area contributed by atoms with Crippen molar-refractivity contribution >= 4 is 44.4 Å². The Balaban J connectivity index is 2.38. The molecular formula is C12H12BrClN2O2. The first-order valence-corrected chi connectivity index (χ1v) is 6.48. The summed E-state index contributed by atoms with van der Waals surface area (Å²) in [5.41, 5.74) is 7.53. The van der Waals surface area contributed by atoms with E-state index in [2.05, 4.69) is 25.7 Å². The number of carbonyl (C=O) groups is 1. The molecule has 0 spiro atoms. The molecule has 1 heterocycles. The third-order valence-corrected chi connectivity index (χ3v) is 3.49. The molecule has 0 radical (unpaired) electrons. The maximum atomic E-state index is 11.3. The summed E-state index contributed by atoms with van der Waals surface area (Å²) >= 11 is 9.51. The van der Waals surface area contributed by atoms with Gasteiger partial charge in [-0.25, -0.2) is 0 Å². The summed E-state index contributed by atoms with van der Waals surface area (Å²) < 4.78 is 5.49. The molecule has 0 amide bonds. The number of carbonyl (C=O) groups excluding carboxylic acids is 1. The first-order chi connectivity index (χ1) is 8.52. The molecule has 0 saturated carbocycles. The largest absolute Gasteiger partial charge is 0.468 e. The third-order valence-electron chi connectivity index (χ3n) is 2.74. The number of halogens is 2. The zero-order chi connectivity index (χ0) is 13.3. The Morgan fingerprint density at radius 1 is 1.61 bits per heavy atom. The van der Waals surface area contributed by atoms with E-state index in [1.165, 1.54) is 7.11 Å². The molecule has 96 valence electrons. The lowest BCUT2D eigenvalue weighted by Gasteiger charge is -2.08. The molecule has 1 aromatic heterocycles. The average Bonchev–Trinajstić information content (AvgIpc) is 2.71. The van der Waals surface area contributed by atoms with Crippen molar-refractivity contribution in [2.75, 3.05) is 7.11 Å². The lowest BCUT2D eigenvalue weighted by molar-refractivity contribution is -0.142. The Bertz CT molecular complexity index is 597. The molecule has 6 heteroatoms. The Morgan fingerprint density at radius 3 is 3.00 bits per heavy atom. The zero-order valence-corrected chi connectivity index (χ0v) is 12.0. The van der Waals surface area contributed by atoms with Crippen molar-refractivity contribution in [1.29, 1.82) is 0 Å². The Kier molecular flexibility index (Phi) is 3.94. The molecule has 0 aliphatic carbocycles. The Hall–Kier alpha value is -1.04. The molecule has 0 aliphatic rings. The number of esters is 1. The van der Waals surface area contributed by atoms with Gasteiger partial charge in [0.05, 0.1) is 17.6 Å². The van der Waals surface area contributed by atoms with Crippen molar-refractivity contribution in [2.45, 2.75) is 12.5 Å². The van der Waals surface area contributed by atoms with Crippen molar-refractivity contribution in [3.05, 3.63) is 33.4 Å². The maximum absolute atomic E-state index is 11.3. The minimum atomic E-state index is -0.674. The number of aromatic nitrogens is 1. The number of rotatable bonds is 3. The van der Waals surface area contributed by atoms with Gasteiger partial charge >= 0.3 is 5.97 Å². The summed E-state index contributed by atoms with van der Waals surface area (Å²) in [7, 11) is 1.32. The minimum Gasteiger partial charge on any atom is -0.468 e. The fourth-order valence-corrected chi connectivity index (χ4v) is 2.71. The lowest BCUT2D eigenvalue weighted by Crippen LogP contribution is -2.33. The van der Waals surface area contributed by atoms with Crippen molar-refractivity contribution in [3.8, 4) is 0 Å². The van der Waals surface area contributed by atoms with Crippen LogP contribution in [0.4, 0.5) is 0 Å². The highest BCUT2D eigenvalue weighted by molar-refractivity contribution is 9.10. The predicted molar refractivity (Wildman–Crippen MR) is 74.7 cm³/mol. The number of ether oxygens (including phenoxy) is 1. The highest BCUT2D eigenvalue weighted by Crippen LogP contribution is 2.30. The molecule has 0 saturated heterocycles. The van der Waals surface area contributed by atoms with Crippen LogP contribution in [0.2, 0.25) is 5.02 Å². The van der Waals surface area contributed by atoms with Crippen LogP contribution in [-0.2, 0) is 16.0 Å². The van der Waals surface area contributed by atoms with Crippen LogP contribution in [0.5, 0.6) is 0 Å². The average molecular weight is 332 g/mol. The van der Waals surface area contributed by atoms with Gasteiger partial charge in [0.15, 0.2) is 0 Å². The van der Waals surface area contributed by atoms with Gasteiger partial charge in [-0.1, -0.05) is 27.5 Å². The van der Waals surface area contributed by atoms with Gasteiger partial charge < -0.3 is 15.5 Å². The molecular weight excluding hydrogens is 320 g/mol. The Morgan fingerprint density at radius 2 is 2.33 bits per heavy atom. The van der Waals surface area contributed by atoms with Crippen LogP contribution in [0.25, 0.3) is 10.9 Å². The fourth-order valence-electron chi connectivity index (χ4n) is 1.85. The second kappa shape index (κ2) is 5.30. The van der Waals surface area contributed by atoms with Crippen molar-refractivity contribution in [3.63, 3.8) is 0 Å². The summed E-state index contributed by atoms with van der Waals surface area (Å²) in [4.78, 5) is 14.4. The van der Waals surface area contributed by atoms with Gasteiger partial charge in [0, 0.05) is 22.5 Å². The van der Waals surface area contributed by atoms with Gasteiger partial charge in [-0.3, -0.25) is 4.79 Å². The van der Waals surface area contributed by atoms with Crippen LogP contribution in [0.1, 0.15) is 5.56 Å².